The third-order valence-electron chi connectivity index (χ3n) is 4.90. The number of thioether (sulfide) groups is 1. The number of carbonyl (C=O) groups is 1. The minimum absolute atomic E-state index is 0.133. The molecule has 0 amide bonds. The van der Waals surface area contributed by atoms with Crippen LogP contribution in [0.2, 0.25) is 0 Å². The molecule has 0 unspecified atom stereocenters. The van der Waals surface area contributed by atoms with Crippen molar-refractivity contribution in [2.24, 2.45) is 0 Å². The number of nitrogens with zero attached hydrogens (tertiary/aromatic N) is 4. The molecule has 2 aromatic heterocycles. The van der Waals surface area contributed by atoms with Crippen LogP contribution in [0.25, 0.3) is 5.69 Å². The molecule has 0 atom stereocenters. The Morgan fingerprint density at radius 1 is 1.23 bits per heavy atom. The summed E-state index contributed by atoms with van der Waals surface area (Å²) in [5.74, 6) is 0.511. The molecule has 1 fully saturated rings. The highest BCUT2D eigenvalue weighted by Gasteiger charge is 2.27. The minimum Gasteiger partial charge on any atom is -0.318 e. The summed E-state index contributed by atoms with van der Waals surface area (Å²) in [5, 5.41) is 9.00. The zero-order valence-electron chi connectivity index (χ0n) is 15.3. The van der Waals surface area contributed by atoms with Crippen molar-refractivity contribution in [3.63, 3.8) is 0 Å². The highest BCUT2D eigenvalue weighted by Crippen LogP contribution is 2.37. The predicted molar refractivity (Wildman–Crippen MR) is 103 cm³/mol. The van der Waals surface area contributed by atoms with Crippen LogP contribution in [0.15, 0.2) is 41.8 Å². The van der Waals surface area contributed by atoms with Gasteiger partial charge in [0.2, 0.25) is 0 Å². The molecule has 134 valence electrons. The maximum Gasteiger partial charge on any atom is 0.191 e. The van der Waals surface area contributed by atoms with E-state index in [2.05, 4.69) is 38.4 Å². The lowest BCUT2D eigenvalue weighted by Crippen LogP contribution is -2.07. The first-order valence-electron chi connectivity index (χ1n) is 8.86. The van der Waals surface area contributed by atoms with Gasteiger partial charge in [0.05, 0.1) is 5.75 Å². The fourth-order valence-electron chi connectivity index (χ4n) is 3.38. The Morgan fingerprint density at radius 2 is 2.00 bits per heavy atom. The number of hydrogen-bond acceptors (Lipinski definition) is 4. The number of aryl methyl sites for hydroxylation is 2. The monoisotopic (exact) mass is 366 g/mol. The van der Waals surface area contributed by atoms with Crippen LogP contribution < -0.4 is 0 Å². The molecule has 0 radical (unpaired) electrons. The average Bonchev–Trinajstić information content (AvgIpc) is 3.29. The molecular weight excluding hydrogens is 344 g/mol. The molecule has 0 saturated heterocycles. The Kier molecular flexibility index (Phi) is 4.44. The highest BCUT2D eigenvalue weighted by atomic mass is 32.2. The fraction of sp³-hybridized carbons (Fsp3) is 0.350. The van der Waals surface area contributed by atoms with E-state index in [9.17, 15) is 4.79 Å². The average molecular weight is 366 g/mol. The van der Waals surface area contributed by atoms with Gasteiger partial charge in [0.25, 0.3) is 0 Å². The van der Waals surface area contributed by atoms with Gasteiger partial charge in [-0.2, -0.15) is 0 Å². The fourth-order valence-corrected chi connectivity index (χ4v) is 4.24. The molecule has 26 heavy (non-hydrogen) atoms. The molecule has 2 heterocycles. The number of Topliss-reactive ketones (excluding diaryl/α,β-unsaturated/α-hetero) is 1. The third kappa shape index (κ3) is 3.09. The SMILES string of the molecule is Cc1ccccc1-n1c(C)cc(C(=O)CSc2nncn2C2CC2)c1C. The summed E-state index contributed by atoms with van der Waals surface area (Å²) < 4.78 is 4.26. The van der Waals surface area contributed by atoms with Crippen molar-refractivity contribution < 1.29 is 4.79 Å². The van der Waals surface area contributed by atoms with E-state index in [1.807, 2.05) is 32.0 Å². The van der Waals surface area contributed by atoms with Crippen LogP contribution >= 0.6 is 11.8 Å². The smallest absolute Gasteiger partial charge is 0.191 e. The quantitative estimate of drug-likeness (QED) is 0.482. The maximum atomic E-state index is 12.8. The van der Waals surface area contributed by atoms with E-state index in [0.717, 1.165) is 27.8 Å². The molecule has 1 aliphatic carbocycles. The molecule has 3 aromatic rings. The van der Waals surface area contributed by atoms with Crippen molar-refractivity contribution in [3.8, 4) is 5.69 Å². The number of rotatable bonds is 6. The van der Waals surface area contributed by atoms with Gasteiger partial charge >= 0.3 is 0 Å². The van der Waals surface area contributed by atoms with Crippen LogP contribution in [0.5, 0.6) is 0 Å². The predicted octanol–water partition coefficient (Wildman–Crippen LogP) is 4.30. The molecule has 0 aliphatic heterocycles. The lowest BCUT2D eigenvalue weighted by molar-refractivity contribution is 0.102. The van der Waals surface area contributed by atoms with Crippen LogP contribution in [0.3, 0.4) is 0 Å². The number of para-hydroxylation sites is 1. The van der Waals surface area contributed by atoms with E-state index in [4.69, 9.17) is 0 Å². The van der Waals surface area contributed by atoms with Crippen molar-refractivity contribution >= 4 is 17.5 Å². The Balaban J connectivity index is 1.56. The second kappa shape index (κ2) is 6.76. The number of carbonyl (C=O) groups excluding carboxylic acids is 1. The summed E-state index contributed by atoms with van der Waals surface area (Å²) in [7, 11) is 0. The second-order valence-corrected chi connectivity index (χ2v) is 7.81. The molecule has 4 rings (SSSR count). The van der Waals surface area contributed by atoms with Crippen molar-refractivity contribution in [2.45, 2.75) is 44.8 Å². The highest BCUT2D eigenvalue weighted by molar-refractivity contribution is 7.99. The van der Waals surface area contributed by atoms with E-state index < -0.39 is 0 Å². The van der Waals surface area contributed by atoms with E-state index in [1.165, 1.54) is 30.2 Å². The van der Waals surface area contributed by atoms with Gasteiger partial charge in [-0.3, -0.25) is 4.79 Å². The van der Waals surface area contributed by atoms with Gasteiger partial charge in [-0.1, -0.05) is 30.0 Å². The summed E-state index contributed by atoms with van der Waals surface area (Å²) in [6.07, 6.45) is 4.13. The lowest BCUT2D eigenvalue weighted by Gasteiger charge is -2.12. The number of aromatic nitrogens is 4. The maximum absolute atomic E-state index is 12.8. The Labute approximate surface area is 157 Å². The van der Waals surface area contributed by atoms with Gasteiger partial charge in [-0.15, -0.1) is 10.2 Å². The molecular formula is C20H22N4OS. The zero-order chi connectivity index (χ0) is 18.3. The summed E-state index contributed by atoms with van der Waals surface area (Å²) in [6.45, 7) is 6.16. The van der Waals surface area contributed by atoms with Crippen LogP contribution in [-0.2, 0) is 0 Å². The molecule has 0 bridgehead atoms. The Hall–Kier alpha value is -2.34. The molecule has 0 N–H and O–H groups in total. The molecule has 1 saturated carbocycles. The van der Waals surface area contributed by atoms with E-state index >= 15 is 0 Å². The van der Waals surface area contributed by atoms with Crippen LogP contribution in [0.4, 0.5) is 0 Å². The van der Waals surface area contributed by atoms with Gasteiger partial charge in [-0.05, 0) is 51.3 Å². The topological polar surface area (TPSA) is 52.7 Å². The molecule has 1 aliphatic rings. The van der Waals surface area contributed by atoms with Crippen molar-refractivity contribution in [1.29, 1.82) is 0 Å². The second-order valence-electron chi connectivity index (χ2n) is 6.87. The van der Waals surface area contributed by atoms with Gasteiger partial charge in [0.15, 0.2) is 10.9 Å². The zero-order valence-corrected chi connectivity index (χ0v) is 16.1. The van der Waals surface area contributed by atoms with Crippen molar-refractivity contribution in [1.82, 2.24) is 19.3 Å². The summed E-state index contributed by atoms with van der Waals surface area (Å²) in [4.78, 5) is 12.8. The number of benzene rings is 1. The van der Waals surface area contributed by atoms with Gasteiger partial charge < -0.3 is 9.13 Å². The standard InChI is InChI=1S/C20H22N4OS/c1-13-6-4-5-7-18(13)24-14(2)10-17(15(24)3)19(25)11-26-20-22-21-12-23(20)16-8-9-16/h4-7,10,12,16H,8-9,11H2,1-3H3. The van der Waals surface area contributed by atoms with Crippen LogP contribution in [0, 0.1) is 20.8 Å². The normalized spacial score (nSPS) is 14.0. The van der Waals surface area contributed by atoms with Crippen LogP contribution in [-0.4, -0.2) is 30.9 Å². The van der Waals surface area contributed by atoms with Gasteiger partial charge in [0, 0.05) is 28.7 Å². The first-order chi connectivity index (χ1) is 12.6. The third-order valence-corrected chi connectivity index (χ3v) is 5.86. The molecule has 0 spiro atoms. The van der Waals surface area contributed by atoms with E-state index in [-0.39, 0.29) is 5.78 Å². The van der Waals surface area contributed by atoms with Crippen molar-refractivity contribution in [2.75, 3.05) is 5.75 Å². The van der Waals surface area contributed by atoms with E-state index in [1.54, 1.807) is 6.33 Å². The summed E-state index contributed by atoms with van der Waals surface area (Å²) in [5.41, 5.74) is 5.18. The Morgan fingerprint density at radius 3 is 2.73 bits per heavy atom. The molecule has 6 heteroatoms. The van der Waals surface area contributed by atoms with Gasteiger partial charge in [-0.25, -0.2) is 0 Å². The molecule has 1 aromatic carbocycles. The lowest BCUT2D eigenvalue weighted by atomic mass is 10.1. The van der Waals surface area contributed by atoms with Crippen molar-refractivity contribution in [3.05, 3.63) is 59.2 Å². The summed E-state index contributed by atoms with van der Waals surface area (Å²) >= 11 is 1.48. The van der Waals surface area contributed by atoms with E-state index in [0.29, 0.717) is 11.8 Å². The van der Waals surface area contributed by atoms with Crippen LogP contribution in [0.1, 0.15) is 46.2 Å². The Bertz CT molecular complexity index is 968. The number of hydrogen-bond donors (Lipinski definition) is 0. The largest absolute Gasteiger partial charge is 0.318 e. The number of ketones is 1. The van der Waals surface area contributed by atoms with Gasteiger partial charge in [0.1, 0.15) is 6.33 Å². The summed E-state index contributed by atoms with van der Waals surface area (Å²) in [6, 6.07) is 10.8. The first-order valence-corrected chi connectivity index (χ1v) is 9.85. The first kappa shape index (κ1) is 17.1. The minimum atomic E-state index is 0.133. The molecule has 5 nitrogen and oxygen atoms in total.